The molecule has 1 fully saturated rings. The zero-order valence-electron chi connectivity index (χ0n) is 12.5. The van der Waals surface area contributed by atoms with Crippen LogP contribution in [0.4, 0.5) is 0 Å². The van der Waals surface area contributed by atoms with Crippen LogP contribution in [0.2, 0.25) is 0 Å². The van der Waals surface area contributed by atoms with Crippen molar-refractivity contribution in [1.29, 1.82) is 0 Å². The van der Waals surface area contributed by atoms with Crippen LogP contribution >= 0.6 is 0 Å². The van der Waals surface area contributed by atoms with Gasteiger partial charge in [0.25, 0.3) is 0 Å². The van der Waals surface area contributed by atoms with E-state index in [4.69, 9.17) is 9.47 Å². The molecule has 108 valence electrons. The molecule has 0 bridgehead atoms. The summed E-state index contributed by atoms with van der Waals surface area (Å²) in [5.41, 5.74) is 2.33. The monoisotopic (exact) mass is 273 g/mol. The van der Waals surface area contributed by atoms with Gasteiger partial charge in [-0.25, -0.2) is 4.98 Å². The molecule has 0 N–H and O–H groups in total. The largest absolute Gasteiger partial charge is 0.474 e. The van der Waals surface area contributed by atoms with Crippen molar-refractivity contribution in [3.8, 4) is 5.88 Å². The van der Waals surface area contributed by atoms with Crippen LogP contribution in [0.3, 0.4) is 0 Å². The van der Waals surface area contributed by atoms with E-state index >= 15 is 0 Å². The quantitative estimate of drug-likeness (QED) is 0.734. The van der Waals surface area contributed by atoms with Gasteiger partial charge in [0, 0.05) is 32.2 Å². The summed E-state index contributed by atoms with van der Waals surface area (Å²) in [6, 6.07) is 4.01. The average Bonchev–Trinajstić information content (AvgIpc) is 2.43. The smallest absolute Gasteiger partial charge is 0.213 e. The van der Waals surface area contributed by atoms with Crippen molar-refractivity contribution in [3.63, 3.8) is 0 Å². The van der Waals surface area contributed by atoms with Gasteiger partial charge < -0.3 is 9.47 Å². The summed E-state index contributed by atoms with van der Waals surface area (Å²) in [4.78, 5) is 4.40. The summed E-state index contributed by atoms with van der Waals surface area (Å²) in [7, 11) is 1.75. The van der Waals surface area contributed by atoms with Gasteiger partial charge in [0.05, 0.1) is 6.10 Å². The fraction of sp³-hybridized carbons (Fsp3) is 0.471. The van der Waals surface area contributed by atoms with Crippen LogP contribution in [-0.2, 0) is 4.74 Å². The molecule has 0 radical (unpaired) electrons. The highest BCUT2D eigenvalue weighted by Gasteiger charge is 2.30. The predicted molar refractivity (Wildman–Crippen MR) is 81.8 cm³/mol. The summed E-state index contributed by atoms with van der Waals surface area (Å²) in [6.45, 7) is 4.16. The summed E-state index contributed by atoms with van der Waals surface area (Å²) in [5.74, 6) is 0.699. The Bertz CT molecular complexity index is 470. The number of nitrogens with zero attached hydrogens (tertiary/aromatic N) is 1. The molecule has 2 rings (SSSR count). The van der Waals surface area contributed by atoms with Crippen molar-refractivity contribution in [1.82, 2.24) is 4.98 Å². The van der Waals surface area contributed by atoms with E-state index in [2.05, 4.69) is 30.1 Å². The first-order valence-electron chi connectivity index (χ1n) is 7.25. The highest BCUT2D eigenvalue weighted by molar-refractivity contribution is 5.73. The van der Waals surface area contributed by atoms with Gasteiger partial charge in [0.2, 0.25) is 5.88 Å². The lowest BCUT2D eigenvalue weighted by Gasteiger charge is -2.33. The Hall–Kier alpha value is -1.61. The summed E-state index contributed by atoms with van der Waals surface area (Å²) >= 11 is 0. The molecule has 0 unspecified atom stereocenters. The van der Waals surface area contributed by atoms with Crippen LogP contribution in [-0.4, -0.2) is 24.3 Å². The lowest BCUT2D eigenvalue weighted by molar-refractivity contribution is -0.0396. The zero-order valence-corrected chi connectivity index (χ0v) is 12.5. The number of allylic oxidation sites excluding steroid dienone is 4. The van der Waals surface area contributed by atoms with E-state index in [1.165, 1.54) is 5.57 Å². The molecular weight excluding hydrogens is 250 g/mol. The Morgan fingerprint density at radius 3 is 2.70 bits per heavy atom. The normalized spacial score (nSPS) is 22.9. The first kappa shape index (κ1) is 14.8. The molecule has 1 aliphatic carbocycles. The molecule has 0 aromatic carbocycles. The number of methoxy groups -OCH3 is 1. The molecule has 0 amide bonds. The molecular formula is C17H23NO2. The van der Waals surface area contributed by atoms with Crippen molar-refractivity contribution in [3.05, 3.63) is 42.1 Å². The second-order valence-electron chi connectivity index (χ2n) is 5.02. The fourth-order valence-electron chi connectivity index (χ4n) is 2.28. The molecule has 20 heavy (non-hydrogen) atoms. The van der Waals surface area contributed by atoms with Gasteiger partial charge in [-0.05, 0) is 30.5 Å². The summed E-state index contributed by atoms with van der Waals surface area (Å²) in [6.07, 6.45) is 11.8. The molecule has 0 spiro atoms. The third-order valence-corrected chi connectivity index (χ3v) is 3.51. The highest BCUT2D eigenvalue weighted by atomic mass is 16.5. The van der Waals surface area contributed by atoms with E-state index < -0.39 is 0 Å². The van der Waals surface area contributed by atoms with Gasteiger partial charge in [-0.15, -0.1) is 0 Å². The number of rotatable bonds is 6. The SMILES string of the molecule is C/C=C\C(=C/CC)c1ccc(O[C@H]2C[C@H](OC)C2)nc1. The molecule has 1 heterocycles. The maximum atomic E-state index is 5.81. The maximum absolute atomic E-state index is 5.81. The van der Waals surface area contributed by atoms with Gasteiger partial charge >= 0.3 is 0 Å². The highest BCUT2D eigenvalue weighted by Crippen LogP contribution is 2.27. The second-order valence-corrected chi connectivity index (χ2v) is 5.02. The Labute approximate surface area is 121 Å². The average molecular weight is 273 g/mol. The molecule has 1 aromatic heterocycles. The van der Waals surface area contributed by atoms with E-state index in [-0.39, 0.29) is 6.10 Å². The van der Waals surface area contributed by atoms with Crippen molar-refractivity contribution >= 4 is 5.57 Å². The molecule has 1 aromatic rings. The molecule has 1 aliphatic rings. The van der Waals surface area contributed by atoms with Crippen LogP contribution in [0.15, 0.2) is 36.6 Å². The Balaban J connectivity index is 1.97. The Morgan fingerprint density at radius 2 is 2.15 bits per heavy atom. The first-order chi connectivity index (χ1) is 9.76. The third kappa shape index (κ3) is 3.70. The van der Waals surface area contributed by atoms with E-state index in [0.29, 0.717) is 12.0 Å². The van der Waals surface area contributed by atoms with Crippen molar-refractivity contribution in [2.75, 3.05) is 7.11 Å². The van der Waals surface area contributed by atoms with E-state index in [1.54, 1.807) is 7.11 Å². The van der Waals surface area contributed by atoms with Crippen molar-refractivity contribution < 1.29 is 9.47 Å². The molecule has 0 aliphatic heterocycles. The molecule has 0 saturated heterocycles. The summed E-state index contributed by atoms with van der Waals surface area (Å²) in [5, 5.41) is 0. The third-order valence-electron chi connectivity index (χ3n) is 3.51. The molecule has 3 nitrogen and oxygen atoms in total. The minimum Gasteiger partial charge on any atom is -0.474 e. The number of hydrogen-bond donors (Lipinski definition) is 0. The zero-order chi connectivity index (χ0) is 14.4. The standard InChI is InChI=1S/C17H23NO2/c1-4-6-13(7-5-2)14-8-9-17(18-12-14)20-16-10-15(11-16)19-3/h4,6-9,12,15-16H,5,10-11H2,1-3H3/b6-4-,13-7+/t15-,16-. The van der Waals surface area contributed by atoms with Gasteiger partial charge in [-0.1, -0.05) is 25.2 Å². The van der Waals surface area contributed by atoms with Crippen LogP contribution in [0, 0.1) is 0 Å². The molecule has 1 saturated carbocycles. The second kappa shape index (κ2) is 7.25. The van der Waals surface area contributed by atoms with Crippen LogP contribution in [0.5, 0.6) is 5.88 Å². The van der Waals surface area contributed by atoms with E-state index in [1.807, 2.05) is 25.3 Å². The van der Waals surface area contributed by atoms with Gasteiger partial charge in [0.1, 0.15) is 6.10 Å². The summed E-state index contributed by atoms with van der Waals surface area (Å²) < 4.78 is 11.1. The Morgan fingerprint density at radius 1 is 1.35 bits per heavy atom. The molecule has 0 atom stereocenters. The minimum atomic E-state index is 0.250. The minimum absolute atomic E-state index is 0.250. The number of ether oxygens (including phenoxy) is 2. The number of aromatic nitrogens is 1. The van der Waals surface area contributed by atoms with Crippen molar-refractivity contribution in [2.45, 2.75) is 45.3 Å². The lowest BCUT2D eigenvalue weighted by atomic mass is 9.92. The predicted octanol–water partition coefficient (Wildman–Crippen LogP) is 4.01. The Kier molecular flexibility index (Phi) is 5.36. The van der Waals surface area contributed by atoms with Crippen LogP contribution in [0.1, 0.15) is 38.7 Å². The maximum Gasteiger partial charge on any atom is 0.213 e. The number of pyridine rings is 1. The van der Waals surface area contributed by atoms with Crippen LogP contribution in [0.25, 0.3) is 5.57 Å². The van der Waals surface area contributed by atoms with Gasteiger partial charge in [0.15, 0.2) is 0 Å². The van der Waals surface area contributed by atoms with Gasteiger partial charge in [-0.2, -0.15) is 0 Å². The van der Waals surface area contributed by atoms with E-state index in [0.717, 1.165) is 24.8 Å². The van der Waals surface area contributed by atoms with E-state index in [9.17, 15) is 0 Å². The first-order valence-corrected chi connectivity index (χ1v) is 7.25. The van der Waals surface area contributed by atoms with Crippen molar-refractivity contribution in [2.24, 2.45) is 0 Å². The topological polar surface area (TPSA) is 31.4 Å². The number of hydrogen-bond acceptors (Lipinski definition) is 3. The van der Waals surface area contributed by atoms with Gasteiger partial charge in [-0.3, -0.25) is 0 Å². The molecule has 3 heteroatoms. The lowest BCUT2D eigenvalue weighted by Crippen LogP contribution is -2.38. The van der Waals surface area contributed by atoms with Crippen LogP contribution < -0.4 is 4.74 Å². The fourth-order valence-corrected chi connectivity index (χ4v) is 2.28.